The molecule has 9 aromatic carbocycles. The minimum atomic E-state index is -0.666. The zero-order chi connectivity index (χ0) is 42.2. The highest BCUT2D eigenvalue weighted by atomic mass is 14.9. The van der Waals surface area contributed by atoms with E-state index in [1.54, 1.807) is 0 Å². The third kappa shape index (κ3) is 5.14. The molecule has 2 nitrogen and oxygen atoms in total. The van der Waals surface area contributed by atoms with Crippen molar-refractivity contribution in [2.75, 3.05) is 0 Å². The zero-order valence-corrected chi connectivity index (χ0v) is 35.2. The van der Waals surface area contributed by atoms with Gasteiger partial charge in [-0.15, -0.1) is 0 Å². The van der Waals surface area contributed by atoms with E-state index >= 15 is 0 Å². The van der Waals surface area contributed by atoms with Gasteiger partial charge in [0, 0.05) is 11.1 Å². The van der Waals surface area contributed by atoms with Gasteiger partial charge in [0.2, 0.25) is 0 Å². The van der Waals surface area contributed by atoms with E-state index in [4.69, 9.17) is 9.97 Å². The van der Waals surface area contributed by atoms with E-state index in [-0.39, 0.29) is 0 Å². The number of fused-ring (bicyclic) bond motifs is 7. The van der Waals surface area contributed by atoms with Crippen molar-refractivity contribution in [1.29, 1.82) is 0 Å². The Morgan fingerprint density at radius 1 is 0.391 bits per heavy atom. The van der Waals surface area contributed by atoms with Crippen molar-refractivity contribution in [2.45, 2.75) is 23.7 Å². The summed E-state index contributed by atoms with van der Waals surface area (Å²) in [6.45, 7) is 0. The lowest BCUT2D eigenvalue weighted by molar-refractivity contribution is 0.627. The zero-order valence-electron chi connectivity index (χ0n) is 35.2. The Bertz CT molecular complexity index is 3620. The van der Waals surface area contributed by atoms with Crippen LogP contribution in [0.3, 0.4) is 0 Å². The Kier molecular flexibility index (Phi) is 8.20. The number of aromatic nitrogens is 2. The van der Waals surface area contributed by atoms with Crippen molar-refractivity contribution >= 4 is 22.4 Å². The fourth-order valence-electron chi connectivity index (χ4n) is 11.8. The predicted molar refractivity (Wildman–Crippen MR) is 261 cm³/mol. The van der Waals surface area contributed by atoms with Gasteiger partial charge >= 0.3 is 0 Å². The van der Waals surface area contributed by atoms with Gasteiger partial charge in [-0.2, -0.15) is 0 Å². The van der Waals surface area contributed by atoms with E-state index in [0.29, 0.717) is 0 Å². The molecule has 0 radical (unpaired) electrons. The first-order valence-corrected chi connectivity index (χ1v) is 22.5. The molecule has 1 heterocycles. The van der Waals surface area contributed by atoms with Crippen molar-refractivity contribution < 1.29 is 0 Å². The maximum Gasteiger partial charge on any atom is 0.161 e. The summed E-state index contributed by atoms with van der Waals surface area (Å²) in [7, 11) is 0. The molecule has 10 aromatic rings. The fourth-order valence-corrected chi connectivity index (χ4v) is 11.8. The number of nitrogens with zero attached hydrogens (tertiary/aromatic N) is 2. The van der Waals surface area contributed by atoms with E-state index in [1.165, 1.54) is 77.0 Å². The van der Waals surface area contributed by atoms with Crippen LogP contribution in [0.1, 0.15) is 63.0 Å². The lowest BCUT2D eigenvalue weighted by Crippen LogP contribution is -2.44. The van der Waals surface area contributed by atoms with Gasteiger partial charge in [-0.05, 0) is 107 Å². The summed E-state index contributed by atoms with van der Waals surface area (Å²) in [5.41, 5.74) is 17.0. The van der Waals surface area contributed by atoms with Crippen LogP contribution < -0.4 is 10.4 Å². The minimum absolute atomic E-state index is 0.504. The second-order valence-corrected chi connectivity index (χ2v) is 17.4. The SMILES string of the molecule is C1=c2ccccc2=C(c2cc(-c3cccc(C4(c5ccccc5)c5ccccc5C5(c6ccccc6)c6ccccc6-c6cccc4c65)c3)nc(-c3cccc4ccccc34)n2)CC1. The van der Waals surface area contributed by atoms with E-state index in [9.17, 15) is 0 Å². The molecule has 2 heteroatoms. The predicted octanol–water partition coefficient (Wildman–Crippen LogP) is 12.8. The Morgan fingerprint density at radius 2 is 0.969 bits per heavy atom. The highest BCUT2D eigenvalue weighted by Gasteiger charge is 2.57. The molecule has 0 aliphatic heterocycles. The van der Waals surface area contributed by atoms with Crippen molar-refractivity contribution in [1.82, 2.24) is 9.97 Å². The molecule has 300 valence electrons. The van der Waals surface area contributed by atoms with Crippen LogP contribution >= 0.6 is 0 Å². The number of hydrogen-bond acceptors (Lipinski definition) is 2. The van der Waals surface area contributed by atoms with Gasteiger partial charge in [0.1, 0.15) is 0 Å². The van der Waals surface area contributed by atoms with Crippen molar-refractivity contribution in [3.63, 3.8) is 0 Å². The maximum atomic E-state index is 5.53. The van der Waals surface area contributed by atoms with Crippen LogP contribution in [0, 0.1) is 0 Å². The lowest BCUT2D eigenvalue weighted by atomic mass is 9.51. The van der Waals surface area contributed by atoms with Crippen LogP contribution in [0.2, 0.25) is 0 Å². The van der Waals surface area contributed by atoms with Gasteiger partial charge in [0.05, 0.1) is 22.2 Å². The first-order chi connectivity index (χ1) is 31.7. The second-order valence-electron chi connectivity index (χ2n) is 17.4. The number of benzene rings is 9. The van der Waals surface area contributed by atoms with Gasteiger partial charge in [-0.3, -0.25) is 0 Å². The van der Waals surface area contributed by atoms with Crippen LogP contribution in [-0.4, -0.2) is 9.97 Å². The standard InChI is InChI=1S/C62H42N2/c1-3-24-44(25-4-1)61(54-36-13-14-37-55(54)62(45-26-5-2-6-27-45)53-35-12-11-31-49(53)51-33-18-38-56(61)59(51)62)46-28-15-23-43(39-46)57-40-58(50-32-16-21-41-19-7-9-29-47(41)50)64-60(63-57)52-34-17-22-42-20-8-10-30-48(42)52/h1-15,17-31,33-40H,16,32H2. The molecule has 0 spiro atoms. The van der Waals surface area contributed by atoms with Crippen LogP contribution in [0.4, 0.5) is 0 Å². The Balaban J connectivity index is 1.11. The molecule has 0 amide bonds. The van der Waals surface area contributed by atoms with Crippen LogP contribution in [0.5, 0.6) is 0 Å². The van der Waals surface area contributed by atoms with E-state index in [2.05, 4.69) is 231 Å². The third-order valence-electron chi connectivity index (χ3n) is 14.3. The smallest absolute Gasteiger partial charge is 0.161 e. The fraction of sp³-hybridized carbons (Fsp3) is 0.0645. The normalized spacial score (nSPS) is 17.8. The summed E-state index contributed by atoms with van der Waals surface area (Å²) >= 11 is 0. The van der Waals surface area contributed by atoms with Crippen LogP contribution in [0.25, 0.3) is 56.2 Å². The molecule has 3 aliphatic rings. The van der Waals surface area contributed by atoms with Crippen LogP contribution in [0.15, 0.2) is 224 Å². The van der Waals surface area contributed by atoms with Gasteiger partial charge in [0.15, 0.2) is 5.82 Å². The summed E-state index contributed by atoms with van der Waals surface area (Å²) in [5, 5.41) is 4.83. The Labute approximate surface area is 373 Å². The quantitative estimate of drug-likeness (QED) is 0.167. The number of hydrogen-bond donors (Lipinski definition) is 0. The molecule has 0 N–H and O–H groups in total. The van der Waals surface area contributed by atoms with E-state index in [1.807, 2.05) is 0 Å². The monoisotopic (exact) mass is 814 g/mol. The second kappa shape index (κ2) is 14.3. The molecule has 3 aliphatic carbocycles. The average molecular weight is 815 g/mol. The van der Waals surface area contributed by atoms with Gasteiger partial charge in [0.25, 0.3) is 0 Å². The third-order valence-corrected chi connectivity index (χ3v) is 14.3. The highest BCUT2D eigenvalue weighted by molar-refractivity contribution is 5.96. The van der Waals surface area contributed by atoms with Crippen molar-refractivity contribution in [3.05, 3.63) is 285 Å². The molecule has 0 fully saturated rings. The lowest BCUT2D eigenvalue weighted by Gasteiger charge is -2.49. The summed E-state index contributed by atoms with van der Waals surface area (Å²) in [5.74, 6) is 0.737. The molecule has 2 atom stereocenters. The molecular formula is C62H42N2. The molecule has 0 bridgehead atoms. The summed E-state index contributed by atoms with van der Waals surface area (Å²) in [6, 6.07) is 83.1. The first kappa shape index (κ1) is 36.7. The molecule has 1 aromatic heterocycles. The Hall–Kier alpha value is -7.94. The largest absolute Gasteiger partial charge is 0.228 e. The minimum Gasteiger partial charge on any atom is -0.228 e. The first-order valence-electron chi connectivity index (χ1n) is 22.5. The number of rotatable bonds is 6. The van der Waals surface area contributed by atoms with Gasteiger partial charge in [-0.1, -0.05) is 218 Å². The van der Waals surface area contributed by atoms with E-state index < -0.39 is 10.8 Å². The van der Waals surface area contributed by atoms with Crippen molar-refractivity contribution in [2.24, 2.45) is 0 Å². The molecule has 2 unspecified atom stereocenters. The topological polar surface area (TPSA) is 25.8 Å². The molecule has 0 saturated carbocycles. The molecule has 13 rings (SSSR count). The summed E-state index contributed by atoms with van der Waals surface area (Å²) < 4.78 is 0. The highest BCUT2D eigenvalue weighted by Crippen LogP contribution is 2.65. The summed E-state index contributed by atoms with van der Waals surface area (Å²) in [4.78, 5) is 11.0. The molecular weight excluding hydrogens is 773 g/mol. The maximum absolute atomic E-state index is 5.53. The van der Waals surface area contributed by atoms with E-state index in [0.717, 1.165) is 46.6 Å². The molecule has 64 heavy (non-hydrogen) atoms. The van der Waals surface area contributed by atoms with Gasteiger partial charge in [-0.25, -0.2) is 9.97 Å². The Morgan fingerprint density at radius 3 is 1.81 bits per heavy atom. The van der Waals surface area contributed by atoms with Crippen molar-refractivity contribution in [3.8, 4) is 33.8 Å². The molecule has 0 saturated heterocycles. The van der Waals surface area contributed by atoms with Gasteiger partial charge < -0.3 is 0 Å². The average Bonchev–Trinajstić information content (AvgIpc) is 3.69. The summed E-state index contributed by atoms with van der Waals surface area (Å²) in [6.07, 6.45) is 4.24. The van der Waals surface area contributed by atoms with Crippen LogP contribution in [-0.2, 0) is 10.8 Å².